The van der Waals surface area contributed by atoms with Crippen molar-refractivity contribution in [1.29, 1.82) is 0 Å². The Kier molecular flexibility index (Phi) is 7.94. The SMILES string of the molecule is Cc1cc(OCCCC(C)(C)O)ccc1-c1cccc(COc2ccc(CO)cc2)c1C. The molecule has 0 amide bonds. The molecule has 0 bridgehead atoms. The minimum Gasteiger partial charge on any atom is -0.494 e. The molecule has 32 heavy (non-hydrogen) atoms. The van der Waals surface area contributed by atoms with E-state index >= 15 is 0 Å². The van der Waals surface area contributed by atoms with Gasteiger partial charge >= 0.3 is 0 Å². The summed E-state index contributed by atoms with van der Waals surface area (Å²) >= 11 is 0. The topological polar surface area (TPSA) is 58.9 Å². The summed E-state index contributed by atoms with van der Waals surface area (Å²) < 4.78 is 11.9. The molecule has 0 radical (unpaired) electrons. The summed E-state index contributed by atoms with van der Waals surface area (Å²) in [6, 6.07) is 20.0. The highest BCUT2D eigenvalue weighted by atomic mass is 16.5. The highest BCUT2D eigenvalue weighted by Gasteiger charge is 2.12. The molecule has 0 atom stereocenters. The monoisotopic (exact) mass is 434 g/mol. The molecule has 4 nitrogen and oxygen atoms in total. The Morgan fingerprint density at radius 1 is 0.844 bits per heavy atom. The normalized spacial score (nSPS) is 11.4. The van der Waals surface area contributed by atoms with Crippen LogP contribution in [0.3, 0.4) is 0 Å². The first-order valence-electron chi connectivity index (χ1n) is 11.1. The zero-order valence-electron chi connectivity index (χ0n) is 19.5. The van der Waals surface area contributed by atoms with Crippen molar-refractivity contribution >= 4 is 0 Å². The maximum atomic E-state index is 9.82. The molecular weight excluding hydrogens is 400 g/mol. The molecule has 0 saturated carbocycles. The Morgan fingerprint density at radius 3 is 2.22 bits per heavy atom. The number of aliphatic hydroxyl groups excluding tert-OH is 1. The lowest BCUT2D eigenvalue weighted by Gasteiger charge is -2.17. The van der Waals surface area contributed by atoms with Crippen LogP contribution < -0.4 is 9.47 Å². The first-order valence-corrected chi connectivity index (χ1v) is 11.1. The van der Waals surface area contributed by atoms with E-state index < -0.39 is 5.60 Å². The van der Waals surface area contributed by atoms with Crippen molar-refractivity contribution in [1.82, 2.24) is 0 Å². The molecule has 3 rings (SSSR count). The summed E-state index contributed by atoms with van der Waals surface area (Å²) in [5, 5.41) is 19.0. The van der Waals surface area contributed by atoms with E-state index in [1.807, 2.05) is 44.2 Å². The van der Waals surface area contributed by atoms with E-state index in [1.165, 1.54) is 16.7 Å². The van der Waals surface area contributed by atoms with Crippen LogP contribution in [0.5, 0.6) is 11.5 Å². The van der Waals surface area contributed by atoms with Gasteiger partial charge in [0.25, 0.3) is 0 Å². The number of hydrogen-bond acceptors (Lipinski definition) is 4. The predicted octanol–water partition coefficient (Wildman–Crippen LogP) is 5.97. The Morgan fingerprint density at radius 2 is 1.56 bits per heavy atom. The second-order valence-corrected chi connectivity index (χ2v) is 8.92. The molecule has 0 aliphatic rings. The van der Waals surface area contributed by atoms with Crippen molar-refractivity contribution in [3.63, 3.8) is 0 Å². The molecule has 0 heterocycles. The third-order valence-corrected chi connectivity index (χ3v) is 5.64. The summed E-state index contributed by atoms with van der Waals surface area (Å²) in [7, 11) is 0. The van der Waals surface area contributed by atoms with Gasteiger partial charge in [-0.3, -0.25) is 0 Å². The third-order valence-electron chi connectivity index (χ3n) is 5.64. The van der Waals surface area contributed by atoms with Gasteiger partial charge in [-0.25, -0.2) is 0 Å². The fraction of sp³-hybridized carbons (Fsp3) is 0.357. The number of hydrogen-bond donors (Lipinski definition) is 2. The summed E-state index contributed by atoms with van der Waals surface area (Å²) in [5.74, 6) is 1.64. The van der Waals surface area contributed by atoms with Gasteiger partial charge in [0.2, 0.25) is 0 Å². The summed E-state index contributed by atoms with van der Waals surface area (Å²) in [5.41, 5.74) is 6.08. The molecule has 3 aromatic rings. The number of rotatable bonds is 10. The van der Waals surface area contributed by atoms with Crippen LogP contribution in [0, 0.1) is 13.8 Å². The van der Waals surface area contributed by atoms with E-state index in [0.29, 0.717) is 19.6 Å². The minimum absolute atomic E-state index is 0.0332. The predicted molar refractivity (Wildman–Crippen MR) is 129 cm³/mol. The zero-order valence-corrected chi connectivity index (χ0v) is 19.5. The smallest absolute Gasteiger partial charge is 0.119 e. The van der Waals surface area contributed by atoms with E-state index in [2.05, 4.69) is 44.2 Å². The van der Waals surface area contributed by atoms with Gasteiger partial charge in [-0.1, -0.05) is 36.4 Å². The standard InChI is InChI=1S/C28H34O4/c1-20-17-25(31-16-6-15-28(3,4)30)13-14-26(20)27-8-5-7-23(21(27)2)19-32-24-11-9-22(18-29)10-12-24/h5,7-14,17,29-30H,6,15-16,18-19H2,1-4H3. The molecule has 0 unspecified atom stereocenters. The van der Waals surface area contributed by atoms with Crippen LogP contribution in [0.4, 0.5) is 0 Å². The lowest BCUT2D eigenvalue weighted by molar-refractivity contribution is 0.0641. The molecule has 0 aliphatic carbocycles. The second-order valence-electron chi connectivity index (χ2n) is 8.92. The van der Waals surface area contributed by atoms with E-state index in [0.717, 1.165) is 34.6 Å². The van der Waals surface area contributed by atoms with Crippen molar-refractivity contribution in [3.05, 3.63) is 82.9 Å². The molecule has 170 valence electrons. The Balaban J connectivity index is 1.68. The van der Waals surface area contributed by atoms with Crippen LogP contribution in [0.1, 0.15) is 48.9 Å². The number of benzene rings is 3. The van der Waals surface area contributed by atoms with Crippen LogP contribution in [0.2, 0.25) is 0 Å². The molecular formula is C28H34O4. The van der Waals surface area contributed by atoms with Crippen molar-refractivity contribution in [2.45, 2.75) is 59.4 Å². The molecule has 0 spiro atoms. The van der Waals surface area contributed by atoms with Crippen LogP contribution in [0.25, 0.3) is 11.1 Å². The molecule has 0 aliphatic heterocycles. The number of aliphatic hydroxyl groups is 2. The summed E-state index contributed by atoms with van der Waals surface area (Å²) in [4.78, 5) is 0. The van der Waals surface area contributed by atoms with Crippen LogP contribution >= 0.6 is 0 Å². The molecule has 0 saturated heterocycles. The van der Waals surface area contributed by atoms with Gasteiger partial charge < -0.3 is 19.7 Å². The van der Waals surface area contributed by atoms with E-state index in [4.69, 9.17) is 9.47 Å². The van der Waals surface area contributed by atoms with Crippen LogP contribution in [0.15, 0.2) is 60.7 Å². The summed E-state index contributed by atoms with van der Waals surface area (Å²) in [6.07, 6.45) is 1.53. The number of aryl methyl sites for hydroxylation is 1. The van der Waals surface area contributed by atoms with Crippen LogP contribution in [-0.4, -0.2) is 22.4 Å². The lowest BCUT2D eigenvalue weighted by Crippen LogP contribution is -2.19. The first-order chi connectivity index (χ1) is 15.3. The Labute approximate surface area is 191 Å². The van der Waals surface area contributed by atoms with Crippen molar-refractivity contribution in [2.75, 3.05) is 6.61 Å². The molecule has 4 heteroatoms. The molecule has 0 fully saturated rings. The van der Waals surface area contributed by atoms with E-state index in [9.17, 15) is 10.2 Å². The van der Waals surface area contributed by atoms with Crippen molar-refractivity contribution in [2.24, 2.45) is 0 Å². The molecule has 0 aromatic heterocycles. The Bertz CT molecular complexity index is 1020. The Hall–Kier alpha value is -2.82. The van der Waals surface area contributed by atoms with Crippen molar-refractivity contribution < 1.29 is 19.7 Å². The second kappa shape index (κ2) is 10.7. The quantitative estimate of drug-likeness (QED) is 0.386. The highest BCUT2D eigenvalue weighted by Crippen LogP contribution is 2.31. The molecule has 3 aromatic carbocycles. The third kappa shape index (κ3) is 6.59. The van der Waals surface area contributed by atoms with E-state index in [1.54, 1.807) is 0 Å². The summed E-state index contributed by atoms with van der Waals surface area (Å²) in [6.45, 7) is 8.98. The van der Waals surface area contributed by atoms with Gasteiger partial charge in [-0.05, 0) is 98.2 Å². The maximum Gasteiger partial charge on any atom is 0.119 e. The number of ether oxygens (including phenoxy) is 2. The van der Waals surface area contributed by atoms with Crippen molar-refractivity contribution in [3.8, 4) is 22.6 Å². The fourth-order valence-corrected chi connectivity index (χ4v) is 3.71. The van der Waals surface area contributed by atoms with Crippen LogP contribution in [-0.2, 0) is 13.2 Å². The van der Waals surface area contributed by atoms with Gasteiger partial charge in [0.05, 0.1) is 18.8 Å². The van der Waals surface area contributed by atoms with Gasteiger partial charge in [-0.2, -0.15) is 0 Å². The zero-order chi connectivity index (χ0) is 23.1. The van der Waals surface area contributed by atoms with Gasteiger partial charge in [-0.15, -0.1) is 0 Å². The van der Waals surface area contributed by atoms with Gasteiger partial charge in [0.1, 0.15) is 18.1 Å². The van der Waals surface area contributed by atoms with Gasteiger partial charge in [0.15, 0.2) is 0 Å². The maximum absolute atomic E-state index is 9.82. The average molecular weight is 435 g/mol. The largest absolute Gasteiger partial charge is 0.494 e. The van der Waals surface area contributed by atoms with E-state index in [-0.39, 0.29) is 6.61 Å². The lowest BCUT2D eigenvalue weighted by atomic mass is 9.93. The van der Waals surface area contributed by atoms with Gasteiger partial charge in [0, 0.05) is 0 Å². The first kappa shape index (κ1) is 23.8. The fourth-order valence-electron chi connectivity index (χ4n) is 3.71. The highest BCUT2D eigenvalue weighted by molar-refractivity contribution is 5.72. The average Bonchev–Trinajstić information content (AvgIpc) is 2.76. The molecule has 2 N–H and O–H groups in total. The minimum atomic E-state index is -0.654.